The highest BCUT2D eigenvalue weighted by Gasteiger charge is 2.39. The normalized spacial score (nSPS) is 13.5. The standard InChI is InChI=1S/C23H19N3O7/c1-31-18-10-15(11-19(12-18)32-2)24-21-20(14-5-7-16(8-6-14)26(29)30)22(27)25(23(21)28)13-17-4-3-9-33-17/h3-12,24H,13H2,1-2H3. The summed E-state index contributed by atoms with van der Waals surface area (Å²) in [5, 5.41) is 14.0. The fourth-order valence-corrected chi connectivity index (χ4v) is 3.44. The van der Waals surface area contributed by atoms with Crippen molar-refractivity contribution in [2.45, 2.75) is 6.54 Å². The largest absolute Gasteiger partial charge is 0.497 e. The number of carbonyl (C=O) groups excluding carboxylic acids is 2. The van der Waals surface area contributed by atoms with Crippen LogP contribution in [0.3, 0.4) is 0 Å². The number of ether oxygens (including phenoxy) is 2. The Hall–Kier alpha value is -4.60. The van der Waals surface area contributed by atoms with Gasteiger partial charge in [-0.1, -0.05) is 0 Å². The number of hydrogen-bond acceptors (Lipinski definition) is 8. The van der Waals surface area contributed by atoms with Gasteiger partial charge in [-0.15, -0.1) is 0 Å². The van der Waals surface area contributed by atoms with Crippen molar-refractivity contribution in [3.05, 3.63) is 88.0 Å². The number of methoxy groups -OCH3 is 2. The summed E-state index contributed by atoms with van der Waals surface area (Å²) in [5.41, 5.74) is 0.800. The molecule has 10 nitrogen and oxygen atoms in total. The highest BCUT2D eigenvalue weighted by molar-refractivity contribution is 6.36. The minimum Gasteiger partial charge on any atom is -0.497 e. The summed E-state index contributed by atoms with van der Waals surface area (Å²) in [6.07, 6.45) is 1.45. The predicted octanol–water partition coefficient (Wildman–Crippen LogP) is 3.60. The second-order valence-corrected chi connectivity index (χ2v) is 7.06. The van der Waals surface area contributed by atoms with E-state index in [0.29, 0.717) is 28.5 Å². The molecule has 0 fully saturated rings. The molecule has 0 aliphatic carbocycles. The second-order valence-electron chi connectivity index (χ2n) is 7.06. The van der Waals surface area contributed by atoms with E-state index in [1.165, 1.54) is 44.7 Å². The van der Waals surface area contributed by atoms with E-state index < -0.39 is 16.7 Å². The number of furan rings is 1. The van der Waals surface area contributed by atoms with Crippen molar-refractivity contribution in [2.75, 3.05) is 19.5 Å². The van der Waals surface area contributed by atoms with Gasteiger partial charge in [0.2, 0.25) is 0 Å². The van der Waals surface area contributed by atoms with Crippen molar-refractivity contribution in [2.24, 2.45) is 0 Å². The van der Waals surface area contributed by atoms with Crippen molar-refractivity contribution >= 4 is 28.8 Å². The molecule has 4 rings (SSSR count). The van der Waals surface area contributed by atoms with E-state index in [4.69, 9.17) is 13.9 Å². The van der Waals surface area contributed by atoms with Crippen LogP contribution in [0.4, 0.5) is 11.4 Å². The molecule has 168 valence electrons. The third-order valence-electron chi connectivity index (χ3n) is 5.05. The first kappa shape index (κ1) is 21.6. The molecule has 10 heteroatoms. The summed E-state index contributed by atoms with van der Waals surface area (Å²) < 4.78 is 15.8. The number of hydrogen-bond donors (Lipinski definition) is 1. The van der Waals surface area contributed by atoms with Gasteiger partial charge in [0, 0.05) is 36.0 Å². The number of rotatable bonds is 8. The van der Waals surface area contributed by atoms with E-state index >= 15 is 0 Å². The van der Waals surface area contributed by atoms with Crippen LogP contribution < -0.4 is 14.8 Å². The summed E-state index contributed by atoms with van der Waals surface area (Å²) in [4.78, 5) is 38.1. The van der Waals surface area contributed by atoms with Crippen LogP contribution in [0.25, 0.3) is 5.57 Å². The number of nitro groups is 1. The Morgan fingerprint density at radius 3 is 2.21 bits per heavy atom. The van der Waals surface area contributed by atoms with Gasteiger partial charge >= 0.3 is 0 Å². The maximum absolute atomic E-state index is 13.3. The maximum Gasteiger partial charge on any atom is 0.278 e. The Labute approximate surface area is 188 Å². The van der Waals surface area contributed by atoms with Gasteiger partial charge in [0.25, 0.3) is 17.5 Å². The van der Waals surface area contributed by atoms with Crippen molar-refractivity contribution in [1.82, 2.24) is 4.90 Å². The number of nitrogens with one attached hydrogen (secondary N) is 1. The van der Waals surface area contributed by atoms with Gasteiger partial charge in [-0.2, -0.15) is 0 Å². The van der Waals surface area contributed by atoms with Gasteiger partial charge in [-0.25, -0.2) is 0 Å². The molecule has 2 heterocycles. The SMILES string of the molecule is COc1cc(NC2=C(c3ccc([N+](=O)[O-])cc3)C(=O)N(Cc3ccco3)C2=O)cc(OC)c1. The highest BCUT2D eigenvalue weighted by atomic mass is 16.6. The van der Waals surface area contributed by atoms with Crippen LogP contribution in [0.1, 0.15) is 11.3 Å². The fourth-order valence-electron chi connectivity index (χ4n) is 3.44. The summed E-state index contributed by atoms with van der Waals surface area (Å²) in [6, 6.07) is 13.7. The number of nitrogens with zero attached hydrogens (tertiary/aromatic N) is 2. The van der Waals surface area contributed by atoms with Crippen molar-refractivity contribution in [3.8, 4) is 11.5 Å². The summed E-state index contributed by atoms with van der Waals surface area (Å²) in [6.45, 7) is -0.0617. The van der Waals surface area contributed by atoms with Crippen LogP contribution >= 0.6 is 0 Å². The molecule has 0 atom stereocenters. The van der Waals surface area contributed by atoms with Gasteiger partial charge in [-0.3, -0.25) is 24.6 Å². The van der Waals surface area contributed by atoms with Crippen molar-refractivity contribution in [1.29, 1.82) is 0 Å². The molecule has 0 unspecified atom stereocenters. The van der Waals surface area contributed by atoms with Crippen LogP contribution in [0.5, 0.6) is 11.5 Å². The summed E-state index contributed by atoms with van der Waals surface area (Å²) in [5.74, 6) is 0.287. The number of non-ortho nitro benzene ring substituents is 1. The zero-order chi connectivity index (χ0) is 23.5. The smallest absolute Gasteiger partial charge is 0.278 e. The number of benzene rings is 2. The number of imide groups is 1. The predicted molar refractivity (Wildman–Crippen MR) is 117 cm³/mol. The molecule has 1 aliphatic rings. The first-order chi connectivity index (χ1) is 15.9. The van der Waals surface area contributed by atoms with Gasteiger partial charge in [0.1, 0.15) is 23.0 Å². The van der Waals surface area contributed by atoms with Crippen LogP contribution in [-0.4, -0.2) is 35.9 Å². The summed E-state index contributed by atoms with van der Waals surface area (Å²) in [7, 11) is 2.99. The Morgan fingerprint density at radius 1 is 1.00 bits per heavy atom. The molecule has 1 N–H and O–H groups in total. The van der Waals surface area contributed by atoms with E-state index in [1.807, 2.05) is 0 Å². The minimum atomic E-state index is -0.563. The number of anilines is 1. The lowest BCUT2D eigenvalue weighted by Crippen LogP contribution is -2.31. The van der Waals surface area contributed by atoms with Crippen LogP contribution in [0, 0.1) is 10.1 Å². The van der Waals surface area contributed by atoms with Gasteiger partial charge in [0.05, 0.1) is 37.5 Å². The average Bonchev–Trinajstić information content (AvgIpc) is 3.42. The van der Waals surface area contributed by atoms with E-state index in [1.54, 1.807) is 30.3 Å². The fraction of sp³-hybridized carbons (Fsp3) is 0.130. The van der Waals surface area contributed by atoms with Crippen molar-refractivity contribution in [3.63, 3.8) is 0 Å². The molecule has 33 heavy (non-hydrogen) atoms. The molecule has 0 saturated carbocycles. The van der Waals surface area contributed by atoms with E-state index in [-0.39, 0.29) is 23.5 Å². The lowest BCUT2D eigenvalue weighted by atomic mass is 10.0. The molecular formula is C23H19N3O7. The average molecular weight is 449 g/mol. The van der Waals surface area contributed by atoms with Gasteiger partial charge in [-0.05, 0) is 29.8 Å². The lowest BCUT2D eigenvalue weighted by molar-refractivity contribution is -0.384. The molecule has 2 amide bonds. The highest BCUT2D eigenvalue weighted by Crippen LogP contribution is 2.34. The first-order valence-corrected chi connectivity index (χ1v) is 9.79. The number of nitro benzene ring substituents is 1. The van der Waals surface area contributed by atoms with Gasteiger partial charge < -0.3 is 19.2 Å². The molecule has 3 aromatic rings. The summed E-state index contributed by atoms with van der Waals surface area (Å²) >= 11 is 0. The molecule has 2 aromatic carbocycles. The van der Waals surface area contributed by atoms with Gasteiger partial charge in [0.15, 0.2) is 0 Å². The minimum absolute atomic E-state index is 0.0238. The number of amides is 2. The Balaban J connectivity index is 1.77. The van der Waals surface area contributed by atoms with Crippen LogP contribution in [0.15, 0.2) is 71.0 Å². The third-order valence-corrected chi connectivity index (χ3v) is 5.05. The topological polar surface area (TPSA) is 124 Å². The Bertz CT molecular complexity index is 1230. The molecule has 0 spiro atoms. The zero-order valence-corrected chi connectivity index (χ0v) is 17.7. The third kappa shape index (κ3) is 4.26. The van der Waals surface area contributed by atoms with Crippen LogP contribution in [0.2, 0.25) is 0 Å². The number of carbonyl (C=O) groups is 2. The monoisotopic (exact) mass is 449 g/mol. The molecule has 0 radical (unpaired) electrons. The van der Waals surface area contributed by atoms with E-state index in [9.17, 15) is 19.7 Å². The maximum atomic E-state index is 13.3. The van der Waals surface area contributed by atoms with Crippen molar-refractivity contribution < 1.29 is 28.4 Å². The second kappa shape index (κ2) is 8.87. The van der Waals surface area contributed by atoms with E-state index in [0.717, 1.165) is 4.90 Å². The molecule has 1 aliphatic heterocycles. The quantitative estimate of drug-likeness (QED) is 0.314. The van der Waals surface area contributed by atoms with Crippen LogP contribution in [-0.2, 0) is 16.1 Å². The Kier molecular flexibility index (Phi) is 5.81. The first-order valence-electron chi connectivity index (χ1n) is 9.79. The molecule has 1 aromatic heterocycles. The zero-order valence-electron chi connectivity index (χ0n) is 17.7. The molecule has 0 saturated heterocycles. The molecule has 0 bridgehead atoms. The van der Waals surface area contributed by atoms with E-state index in [2.05, 4.69) is 5.32 Å². The lowest BCUT2D eigenvalue weighted by Gasteiger charge is -2.14. The molecular weight excluding hydrogens is 430 g/mol. The Morgan fingerprint density at radius 2 is 1.67 bits per heavy atom.